The molecule has 4 nitrogen and oxygen atoms in total. The standard InChI is InChI=1S/C11H21N3O/c1-9(2)7-13-11(15)8-14(6-5-12)10(3)4/h9-10H,6-8H2,1-4H3,(H,13,15). The van der Waals surface area contributed by atoms with Gasteiger partial charge in [0.15, 0.2) is 0 Å². The van der Waals surface area contributed by atoms with Crippen molar-refractivity contribution in [2.45, 2.75) is 33.7 Å². The SMILES string of the molecule is CC(C)CNC(=O)CN(CC#N)C(C)C. The first-order valence-corrected chi connectivity index (χ1v) is 5.35. The summed E-state index contributed by atoms with van der Waals surface area (Å²) in [6, 6.07) is 2.28. The summed E-state index contributed by atoms with van der Waals surface area (Å²) in [7, 11) is 0. The van der Waals surface area contributed by atoms with Crippen molar-refractivity contribution in [1.29, 1.82) is 5.26 Å². The zero-order chi connectivity index (χ0) is 11.8. The lowest BCUT2D eigenvalue weighted by atomic mass is 10.2. The molecule has 0 aromatic rings. The van der Waals surface area contributed by atoms with Crippen LogP contribution < -0.4 is 5.32 Å². The molecular weight excluding hydrogens is 190 g/mol. The van der Waals surface area contributed by atoms with Crippen LogP contribution in [0, 0.1) is 17.2 Å². The van der Waals surface area contributed by atoms with Gasteiger partial charge in [-0.25, -0.2) is 0 Å². The van der Waals surface area contributed by atoms with Crippen LogP contribution in [0.5, 0.6) is 0 Å². The van der Waals surface area contributed by atoms with E-state index in [1.165, 1.54) is 0 Å². The third kappa shape index (κ3) is 6.92. The number of hydrogen-bond donors (Lipinski definition) is 1. The second kappa shape index (κ2) is 7.24. The van der Waals surface area contributed by atoms with Gasteiger partial charge in [-0.05, 0) is 19.8 Å². The highest BCUT2D eigenvalue weighted by Gasteiger charge is 2.13. The largest absolute Gasteiger partial charge is 0.355 e. The van der Waals surface area contributed by atoms with Crippen molar-refractivity contribution in [3.05, 3.63) is 0 Å². The van der Waals surface area contributed by atoms with Gasteiger partial charge in [0.1, 0.15) is 0 Å². The molecular formula is C11H21N3O. The number of nitrogens with one attached hydrogen (secondary N) is 1. The van der Waals surface area contributed by atoms with Crippen LogP contribution in [0.1, 0.15) is 27.7 Å². The first kappa shape index (κ1) is 13.9. The Hall–Kier alpha value is -1.08. The van der Waals surface area contributed by atoms with E-state index in [0.717, 1.165) is 0 Å². The third-order valence-corrected chi connectivity index (χ3v) is 2.06. The molecule has 0 aliphatic rings. The molecule has 0 unspecified atom stereocenters. The van der Waals surface area contributed by atoms with Gasteiger partial charge in [-0.15, -0.1) is 0 Å². The fourth-order valence-electron chi connectivity index (χ4n) is 1.07. The molecule has 0 aromatic carbocycles. The van der Waals surface area contributed by atoms with Crippen molar-refractivity contribution in [1.82, 2.24) is 10.2 Å². The minimum atomic E-state index is -0.00681. The van der Waals surface area contributed by atoms with Gasteiger partial charge >= 0.3 is 0 Å². The Morgan fingerprint density at radius 2 is 2.00 bits per heavy atom. The van der Waals surface area contributed by atoms with Gasteiger partial charge in [0.25, 0.3) is 0 Å². The fourth-order valence-corrected chi connectivity index (χ4v) is 1.07. The van der Waals surface area contributed by atoms with Crippen molar-refractivity contribution >= 4 is 5.91 Å². The monoisotopic (exact) mass is 211 g/mol. The first-order chi connectivity index (χ1) is 6.97. The molecule has 0 aromatic heterocycles. The van der Waals surface area contributed by atoms with Gasteiger partial charge in [-0.3, -0.25) is 9.69 Å². The van der Waals surface area contributed by atoms with E-state index in [9.17, 15) is 4.79 Å². The van der Waals surface area contributed by atoms with Crippen LogP contribution in [0.4, 0.5) is 0 Å². The molecule has 86 valence electrons. The molecule has 1 amide bonds. The number of nitriles is 1. The van der Waals surface area contributed by atoms with Gasteiger partial charge < -0.3 is 5.32 Å². The van der Waals surface area contributed by atoms with Crippen molar-refractivity contribution in [2.24, 2.45) is 5.92 Å². The Morgan fingerprint density at radius 1 is 1.40 bits per heavy atom. The topological polar surface area (TPSA) is 56.1 Å². The predicted molar refractivity (Wildman–Crippen MR) is 60.2 cm³/mol. The van der Waals surface area contributed by atoms with Crippen LogP contribution in [-0.2, 0) is 4.79 Å². The summed E-state index contributed by atoms with van der Waals surface area (Å²) in [5.74, 6) is 0.449. The zero-order valence-corrected chi connectivity index (χ0v) is 10.1. The Labute approximate surface area is 92.3 Å². The Bertz CT molecular complexity index is 230. The van der Waals surface area contributed by atoms with Gasteiger partial charge in [-0.2, -0.15) is 5.26 Å². The van der Waals surface area contributed by atoms with E-state index in [1.807, 2.05) is 18.7 Å². The average molecular weight is 211 g/mol. The number of carbonyl (C=O) groups excluding carboxylic acids is 1. The molecule has 0 fully saturated rings. The van der Waals surface area contributed by atoms with Gasteiger partial charge in [0, 0.05) is 12.6 Å². The van der Waals surface area contributed by atoms with Gasteiger partial charge in [0.2, 0.25) is 5.91 Å². The predicted octanol–water partition coefficient (Wildman–Crippen LogP) is 0.993. The smallest absolute Gasteiger partial charge is 0.234 e. The van der Waals surface area contributed by atoms with E-state index in [2.05, 4.69) is 25.2 Å². The van der Waals surface area contributed by atoms with Crippen molar-refractivity contribution in [2.75, 3.05) is 19.6 Å². The molecule has 15 heavy (non-hydrogen) atoms. The fraction of sp³-hybridized carbons (Fsp3) is 0.818. The summed E-state index contributed by atoms with van der Waals surface area (Å²) < 4.78 is 0. The zero-order valence-electron chi connectivity index (χ0n) is 10.1. The lowest BCUT2D eigenvalue weighted by molar-refractivity contribution is -0.122. The molecule has 4 heteroatoms. The third-order valence-electron chi connectivity index (χ3n) is 2.06. The number of carbonyl (C=O) groups is 1. The molecule has 0 heterocycles. The number of hydrogen-bond acceptors (Lipinski definition) is 3. The van der Waals surface area contributed by atoms with E-state index >= 15 is 0 Å². The first-order valence-electron chi connectivity index (χ1n) is 5.35. The van der Waals surface area contributed by atoms with Crippen LogP contribution in [0.3, 0.4) is 0 Å². The highest BCUT2D eigenvalue weighted by molar-refractivity contribution is 5.78. The molecule has 0 bridgehead atoms. The van der Waals surface area contributed by atoms with Gasteiger partial charge in [-0.1, -0.05) is 13.8 Å². The number of rotatable bonds is 6. The van der Waals surface area contributed by atoms with E-state index in [1.54, 1.807) is 0 Å². The molecule has 0 spiro atoms. The molecule has 1 N–H and O–H groups in total. The average Bonchev–Trinajstić information content (AvgIpc) is 2.14. The van der Waals surface area contributed by atoms with E-state index < -0.39 is 0 Å². The Morgan fingerprint density at radius 3 is 2.40 bits per heavy atom. The van der Waals surface area contributed by atoms with E-state index in [4.69, 9.17) is 5.26 Å². The number of amides is 1. The maximum Gasteiger partial charge on any atom is 0.234 e. The highest BCUT2D eigenvalue weighted by atomic mass is 16.2. The summed E-state index contributed by atoms with van der Waals surface area (Å²) in [6.07, 6.45) is 0. The lowest BCUT2D eigenvalue weighted by Gasteiger charge is -2.22. The quantitative estimate of drug-likeness (QED) is 0.667. The van der Waals surface area contributed by atoms with Crippen LogP contribution in [0.2, 0.25) is 0 Å². The molecule has 0 atom stereocenters. The summed E-state index contributed by atoms with van der Waals surface area (Å²) in [5, 5.41) is 11.4. The minimum Gasteiger partial charge on any atom is -0.355 e. The maximum absolute atomic E-state index is 11.5. The van der Waals surface area contributed by atoms with Crippen LogP contribution in [0.25, 0.3) is 0 Å². The molecule has 0 aliphatic carbocycles. The summed E-state index contributed by atoms with van der Waals surface area (Å²) in [4.78, 5) is 13.3. The van der Waals surface area contributed by atoms with Crippen molar-refractivity contribution in [3.8, 4) is 6.07 Å². The normalized spacial score (nSPS) is 10.8. The van der Waals surface area contributed by atoms with E-state index in [-0.39, 0.29) is 11.9 Å². The second-order valence-electron chi connectivity index (χ2n) is 4.35. The summed E-state index contributed by atoms with van der Waals surface area (Å²) in [5.41, 5.74) is 0. The molecule has 0 saturated heterocycles. The maximum atomic E-state index is 11.5. The molecule has 0 rings (SSSR count). The van der Waals surface area contributed by atoms with E-state index in [0.29, 0.717) is 25.6 Å². The minimum absolute atomic E-state index is 0.00681. The summed E-state index contributed by atoms with van der Waals surface area (Å²) in [6.45, 7) is 9.35. The number of nitrogens with zero attached hydrogens (tertiary/aromatic N) is 2. The van der Waals surface area contributed by atoms with Crippen LogP contribution >= 0.6 is 0 Å². The van der Waals surface area contributed by atoms with Crippen molar-refractivity contribution < 1.29 is 4.79 Å². The molecule has 0 radical (unpaired) electrons. The molecule has 0 saturated carbocycles. The van der Waals surface area contributed by atoms with Gasteiger partial charge in [0.05, 0.1) is 19.2 Å². The highest BCUT2D eigenvalue weighted by Crippen LogP contribution is 1.96. The second-order valence-corrected chi connectivity index (χ2v) is 4.35. The van der Waals surface area contributed by atoms with Crippen molar-refractivity contribution in [3.63, 3.8) is 0 Å². The lowest BCUT2D eigenvalue weighted by Crippen LogP contribution is -2.41. The van der Waals surface area contributed by atoms with Crippen LogP contribution in [-0.4, -0.2) is 36.5 Å². The Kier molecular flexibility index (Phi) is 6.72. The molecule has 0 aliphatic heterocycles. The van der Waals surface area contributed by atoms with Crippen LogP contribution in [0.15, 0.2) is 0 Å². The Balaban J connectivity index is 3.96. The summed E-state index contributed by atoms with van der Waals surface area (Å²) >= 11 is 0.